The average molecular weight is 368 g/mol. The number of aryl methyl sites for hydroxylation is 1. The molecule has 0 spiro atoms. The minimum Gasteiger partial charge on any atom is -0.318 e. The molecule has 3 aromatic rings. The summed E-state index contributed by atoms with van der Waals surface area (Å²) >= 11 is 0. The highest BCUT2D eigenvalue weighted by Crippen LogP contribution is 2.26. The van der Waals surface area contributed by atoms with Crippen molar-refractivity contribution in [1.29, 1.82) is 10.5 Å². The number of non-ortho nitro benzene ring substituents is 1. The zero-order valence-electron chi connectivity index (χ0n) is 15.4. The van der Waals surface area contributed by atoms with Crippen molar-refractivity contribution in [3.8, 4) is 17.8 Å². The Balaban J connectivity index is 2.02. The Morgan fingerprint density at radius 2 is 1.71 bits per heavy atom. The summed E-state index contributed by atoms with van der Waals surface area (Å²) in [5.41, 5.74) is 5.40. The first kappa shape index (κ1) is 18.6. The molecule has 0 fully saturated rings. The number of nitriles is 2. The van der Waals surface area contributed by atoms with Gasteiger partial charge in [-0.3, -0.25) is 10.1 Å². The van der Waals surface area contributed by atoms with Crippen LogP contribution in [0.2, 0.25) is 0 Å². The van der Waals surface area contributed by atoms with Gasteiger partial charge in [-0.2, -0.15) is 10.5 Å². The molecule has 0 unspecified atom stereocenters. The van der Waals surface area contributed by atoms with Crippen molar-refractivity contribution >= 4 is 17.3 Å². The third kappa shape index (κ3) is 3.53. The van der Waals surface area contributed by atoms with E-state index >= 15 is 0 Å². The van der Waals surface area contributed by atoms with Crippen LogP contribution >= 0.6 is 0 Å². The maximum absolute atomic E-state index is 10.8. The van der Waals surface area contributed by atoms with Gasteiger partial charge in [-0.15, -0.1) is 0 Å². The molecule has 0 bridgehead atoms. The highest BCUT2D eigenvalue weighted by molar-refractivity contribution is 5.90. The van der Waals surface area contributed by atoms with E-state index in [1.807, 2.05) is 32.0 Å². The van der Waals surface area contributed by atoms with E-state index in [-0.39, 0.29) is 5.69 Å². The molecular weight excluding hydrogens is 352 g/mol. The summed E-state index contributed by atoms with van der Waals surface area (Å²) in [7, 11) is 0. The molecule has 28 heavy (non-hydrogen) atoms. The van der Waals surface area contributed by atoms with Gasteiger partial charge in [-0.25, -0.2) is 0 Å². The normalized spacial score (nSPS) is 10.9. The third-order valence-electron chi connectivity index (χ3n) is 4.53. The molecule has 136 valence electrons. The molecule has 2 aromatic carbocycles. The Morgan fingerprint density at radius 1 is 1.07 bits per heavy atom. The van der Waals surface area contributed by atoms with E-state index in [1.165, 1.54) is 12.1 Å². The van der Waals surface area contributed by atoms with Crippen LogP contribution in [0.25, 0.3) is 17.3 Å². The minimum atomic E-state index is -0.468. The first-order valence-electron chi connectivity index (χ1n) is 8.50. The first-order valence-corrected chi connectivity index (χ1v) is 8.50. The van der Waals surface area contributed by atoms with Crippen molar-refractivity contribution in [3.63, 3.8) is 0 Å². The molecule has 0 saturated heterocycles. The van der Waals surface area contributed by atoms with Crippen molar-refractivity contribution < 1.29 is 4.92 Å². The minimum absolute atomic E-state index is 0.0139. The molecule has 1 heterocycles. The van der Waals surface area contributed by atoms with Gasteiger partial charge in [0.1, 0.15) is 0 Å². The van der Waals surface area contributed by atoms with Crippen LogP contribution < -0.4 is 0 Å². The molecule has 6 heteroatoms. The van der Waals surface area contributed by atoms with Gasteiger partial charge < -0.3 is 4.57 Å². The molecule has 6 nitrogen and oxygen atoms in total. The van der Waals surface area contributed by atoms with Crippen LogP contribution in [0.1, 0.15) is 28.1 Å². The van der Waals surface area contributed by atoms with E-state index in [2.05, 4.69) is 16.7 Å². The highest BCUT2D eigenvalue weighted by Gasteiger charge is 2.12. The standard InChI is InChI=1S/C22H16N4O2/c1-15-11-19(16(2)25(15)21-7-3-17(13-23)4-8-21)12-20(14-24)18-5-9-22(10-6-18)26(27)28/h3-12H,1-2H3/b20-12-. The maximum atomic E-state index is 10.8. The predicted molar refractivity (Wildman–Crippen MR) is 107 cm³/mol. The number of nitro groups is 1. The fourth-order valence-corrected chi connectivity index (χ4v) is 3.11. The molecule has 0 aliphatic carbocycles. The van der Waals surface area contributed by atoms with Crippen LogP contribution in [0.5, 0.6) is 0 Å². The lowest BCUT2D eigenvalue weighted by Gasteiger charge is -2.09. The zero-order valence-corrected chi connectivity index (χ0v) is 15.4. The molecule has 0 N–H and O–H groups in total. The van der Waals surface area contributed by atoms with Gasteiger partial charge in [0.2, 0.25) is 0 Å². The number of rotatable bonds is 4. The topological polar surface area (TPSA) is 95.6 Å². The molecule has 0 aliphatic rings. The smallest absolute Gasteiger partial charge is 0.269 e. The van der Waals surface area contributed by atoms with Crippen LogP contribution in [-0.4, -0.2) is 9.49 Å². The van der Waals surface area contributed by atoms with E-state index in [0.717, 1.165) is 22.6 Å². The van der Waals surface area contributed by atoms with Gasteiger partial charge in [0.15, 0.2) is 0 Å². The molecule has 0 aliphatic heterocycles. The Kier molecular flexibility index (Phi) is 5.06. The fraction of sp³-hybridized carbons (Fsp3) is 0.0909. The quantitative estimate of drug-likeness (QED) is 0.370. The molecule has 0 atom stereocenters. The van der Waals surface area contributed by atoms with Crippen molar-refractivity contribution in [3.05, 3.63) is 92.8 Å². The first-order chi connectivity index (χ1) is 13.4. The Morgan fingerprint density at radius 3 is 2.25 bits per heavy atom. The molecular formula is C22H16N4O2. The highest BCUT2D eigenvalue weighted by atomic mass is 16.6. The molecule has 3 rings (SSSR count). The Hall–Kier alpha value is -4.16. The summed E-state index contributed by atoms with van der Waals surface area (Å²) in [5.74, 6) is 0. The fourth-order valence-electron chi connectivity index (χ4n) is 3.11. The van der Waals surface area contributed by atoms with Crippen molar-refractivity contribution in [2.75, 3.05) is 0 Å². The molecule has 0 radical (unpaired) electrons. The second-order valence-corrected chi connectivity index (χ2v) is 6.29. The van der Waals surface area contributed by atoms with Gasteiger partial charge in [0, 0.05) is 29.2 Å². The number of benzene rings is 2. The van der Waals surface area contributed by atoms with Crippen LogP contribution in [0.15, 0.2) is 54.6 Å². The molecule has 0 amide bonds. The summed E-state index contributed by atoms with van der Waals surface area (Å²) in [5, 5.41) is 29.3. The number of nitrogens with zero attached hydrogens (tertiary/aromatic N) is 4. The van der Waals surface area contributed by atoms with Crippen molar-refractivity contribution in [1.82, 2.24) is 4.57 Å². The zero-order chi connectivity index (χ0) is 20.3. The number of hydrogen-bond donors (Lipinski definition) is 0. The third-order valence-corrected chi connectivity index (χ3v) is 4.53. The van der Waals surface area contributed by atoms with Gasteiger partial charge >= 0.3 is 0 Å². The van der Waals surface area contributed by atoms with Crippen LogP contribution in [0, 0.1) is 46.6 Å². The van der Waals surface area contributed by atoms with Gasteiger partial charge in [-0.1, -0.05) is 0 Å². The van der Waals surface area contributed by atoms with Gasteiger partial charge in [-0.05, 0) is 73.5 Å². The van der Waals surface area contributed by atoms with E-state index in [9.17, 15) is 15.4 Å². The largest absolute Gasteiger partial charge is 0.318 e. The Labute approximate surface area is 162 Å². The number of nitro benzene ring substituents is 1. The summed E-state index contributed by atoms with van der Waals surface area (Å²) in [6.07, 6.45) is 1.78. The van der Waals surface area contributed by atoms with Gasteiger partial charge in [0.25, 0.3) is 5.69 Å². The summed E-state index contributed by atoms with van der Waals surface area (Å²) in [6.45, 7) is 3.93. The second kappa shape index (κ2) is 7.61. The lowest BCUT2D eigenvalue weighted by molar-refractivity contribution is -0.384. The van der Waals surface area contributed by atoms with Crippen LogP contribution in [0.4, 0.5) is 5.69 Å². The summed E-state index contributed by atoms with van der Waals surface area (Å²) in [6, 6.07) is 19.5. The number of allylic oxidation sites excluding steroid dienone is 1. The summed E-state index contributed by atoms with van der Waals surface area (Å²) < 4.78 is 2.05. The SMILES string of the molecule is Cc1cc(/C=C(/C#N)c2ccc([N+](=O)[O-])cc2)c(C)n1-c1ccc(C#N)cc1. The van der Waals surface area contributed by atoms with Crippen LogP contribution in [0.3, 0.4) is 0 Å². The van der Waals surface area contributed by atoms with E-state index in [4.69, 9.17) is 5.26 Å². The number of aromatic nitrogens is 1. The van der Waals surface area contributed by atoms with E-state index < -0.39 is 4.92 Å². The summed E-state index contributed by atoms with van der Waals surface area (Å²) in [4.78, 5) is 10.3. The monoisotopic (exact) mass is 368 g/mol. The number of hydrogen-bond acceptors (Lipinski definition) is 4. The molecule has 1 aromatic heterocycles. The lowest BCUT2D eigenvalue weighted by atomic mass is 10.0. The van der Waals surface area contributed by atoms with E-state index in [0.29, 0.717) is 16.7 Å². The van der Waals surface area contributed by atoms with Crippen molar-refractivity contribution in [2.24, 2.45) is 0 Å². The van der Waals surface area contributed by atoms with Crippen LogP contribution in [-0.2, 0) is 0 Å². The Bertz CT molecular complexity index is 1160. The van der Waals surface area contributed by atoms with Crippen molar-refractivity contribution in [2.45, 2.75) is 13.8 Å². The predicted octanol–water partition coefficient (Wildman–Crippen LogP) is 4.94. The average Bonchev–Trinajstić information content (AvgIpc) is 2.99. The molecule has 0 saturated carbocycles. The second-order valence-electron chi connectivity index (χ2n) is 6.29. The maximum Gasteiger partial charge on any atom is 0.269 e. The van der Waals surface area contributed by atoms with Gasteiger partial charge in [0.05, 0.1) is 28.2 Å². The lowest BCUT2D eigenvalue weighted by Crippen LogP contribution is -1.99. The van der Waals surface area contributed by atoms with E-state index in [1.54, 1.807) is 30.3 Å².